The fraction of sp³-hybridized carbons (Fsp3) is 0.188. The summed E-state index contributed by atoms with van der Waals surface area (Å²) >= 11 is 5.80. The van der Waals surface area contributed by atoms with Crippen molar-refractivity contribution in [2.24, 2.45) is 0 Å². The quantitative estimate of drug-likeness (QED) is 0.831. The van der Waals surface area contributed by atoms with Crippen molar-refractivity contribution in [3.8, 4) is 0 Å². The van der Waals surface area contributed by atoms with E-state index in [4.69, 9.17) is 11.6 Å². The van der Waals surface area contributed by atoms with Gasteiger partial charge in [0, 0.05) is 12.5 Å². The molecule has 2 aromatic carbocycles. The Hall–Kier alpha value is -2.21. The zero-order valence-corrected chi connectivity index (χ0v) is 12.9. The minimum absolute atomic E-state index is 0.0157. The van der Waals surface area contributed by atoms with E-state index in [1.54, 1.807) is 6.07 Å². The Morgan fingerprint density at radius 3 is 2.43 bits per heavy atom. The van der Waals surface area contributed by atoms with Gasteiger partial charge < -0.3 is 10.6 Å². The molecule has 0 radical (unpaired) electrons. The SMILES string of the molecule is CC(=O)Nc1c(Cl)ccc(NCC(F)(F)c2ccccc2)c1F. The van der Waals surface area contributed by atoms with Crippen molar-refractivity contribution in [1.82, 2.24) is 0 Å². The molecule has 3 nitrogen and oxygen atoms in total. The van der Waals surface area contributed by atoms with Crippen LogP contribution in [0.25, 0.3) is 0 Å². The molecule has 23 heavy (non-hydrogen) atoms. The van der Waals surface area contributed by atoms with Gasteiger partial charge in [0.25, 0.3) is 5.92 Å². The Labute approximate surface area is 136 Å². The molecule has 0 aliphatic rings. The second kappa shape index (κ2) is 6.91. The number of alkyl halides is 2. The van der Waals surface area contributed by atoms with Crippen molar-refractivity contribution in [1.29, 1.82) is 0 Å². The highest BCUT2D eigenvalue weighted by Crippen LogP contribution is 2.33. The first kappa shape index (κ1) is 17.1. The van der Waals surface area contributed by atoms with Crippen molar-refractivity contribution in [2.75, 3.05) is 17.2 Å². The summed E-state index contributed by atoms with van der Waals surface area (Å²) in [6, 6.07) is 9.78. The van der Waals surface area contributed by atoms with Crippen LogP contribution in [0.3, 0.4) is 0 Å². The predicted molar refractivity (Wildman–Crippen MR) is 84.5 cm³/mol. The van der Waals surface area contributed by atoms with E-state index >= 15 is 0 Å². The fourth-order valence-corrected chi connectivity index (χ4v) is 2.16. The van der Waals surface area contributed by atoms with Gasteiger partial charge in [-0.05, 0) is 12.1 Å². The number of carbonyl (C=O) groups excluding carboxylic acids is 1. The largest absolute Gasteiger partial charge is 0.376 e. The zero-order chi connectivity index (χ0) is 17.0. The molecule has 0 aliphatic carbocycles. The average molecular weight is 343 g/mol. The number of nitrogens with one attached hydrogen (secondary N) is 2. The normalized spacial score (nSPS) is 11.2. The third-order valence-electron chi connectivity index (χ3n) is 3.09. The molecule has 0 bridgehead atoms. The predicted octanol–water partition coefficient (Wildman–Crippen LogP) is 4.64. The minimum atomic E-state index is -3.18. The summed E-state index contributed by atoms with van der Waals surface area (Å²) in [5.41, 5.74) is -0.593. The summed E-state index contributed by atoms with van der Waals surface area (Å²) in [5.74, 6) is -4.59. The number of hydrogen-bond acceptors (Lipinski definition) is 2. The molecule has 0 aromatic heterocycles. The number of hydrogen-bond donors (Lipinski definition) is 2. The Bertz CT molecular complexity index is 708. The van der Waals surface area contributed by atoms with Crippen molar-refractivity contribution in [3.05, 3.63) is 58.9 Å². The minimum Gasteiger partial charge on any atom is -0.376 e. The fourth-order valence-electron chi connectivity index (χ4n) is 1.97. The summed E-state index contributed by atoms with van der Waals surface area (Å²) in [6.45, 7) is 0.397. The van der Waals surface area contributed by atoms with E-state index in [0.717, 1.165) is 0 Å². The van der Waals surface area contributed by atoms with Crippen molar-refractivity contribution in [3.63, 3.8) is 0 Å². The van der Waals surface area contributed by atoms with E-state index in [0.29, 0.717) is 0 Å². The van der Waals surface area contributed by atoms with Crippen LogP contribution in [0.1, 0.15) is 12.5 Å². The van der Waals surface area contributed by atoms with Crippen molar-refractivity contribution >= 4 is 28.9 Å². The van der Waals surface area contributed by atoms with E-state index in [1.165, 1.54) is 43.3 Å². The third kappa shape index (κ3) is 4.16. The molecule has 2 aromatic rings. The van der Waals surface area contributed by atoms with Gasteiger partial charge in [-0.1, -0.05) is 41.9 Å². The van der Waals surface area contributed by atoms with Gasteiger partial charge in [0.05, 0.1) is 22.9 Å². The molecule has 0 aliphatic heterocycles. The molecule has 2 N–H and O–H groups in total. The Balaban J connectivity index is 2.19. The van der Waals surface area contributed by atoms with E-state index in [1.807, 2.05) is 0 Å². The molecule has 0 heterocycles. The Morgan fingerprint density at radius 1 is 1.17 bits per heavy atom. The lowest BCUT2D eigenvalue weighted by atomic mass is 10.1. The highest BCUT2D eigenvalue weighted by atomic mass is 35.5. The molecule has 0 spiro atoms. The summed E-state index contributed by atoms with van der Waals surface area (Å²) in [6.07, 6.45) is 0. The molecule has 0 saturated carbocycles. The molecule has 0 unspecified atom stereocenters. The van der Waals surface area contributed by atoms with Gasteiger partial charge in [-0.2, -0.15) is 8.78 Å². The van der Waals surface area contributed by atoms with Gasteiger partial charge in [-0.3, -0.25) is 4.79 Å². The summed E-state index contributed by atoms with van der Waals surface area (Å²) in [5, 5.41) is 4.58. The van der Waals surface area contributed by atoms with Gasteiger partial charge in [-0.15, -0.1) is 0 Å². The van der Waals surface area contributed by atoms with Crippen LogP contribution in [0.15, 0.2) is 42.5 Å². The lowest BCUT2D eigenvalue weighted by molar-refractivity contribution is -0.114. The molecular weight excluding hydrogens is 329 g/mol. The first-order valence-electron chi connectivity index (χ1n) is 6.74. The van der Waals surface area contributed by atoms with Crippen LogP contribution < -0.4 is 10.6 Å². The molecule has 1 amide bonds. The maximum absolute atomic E-state index is 14.3. The van der Waals surface area contributed by atoms with E-state index in [2.05, 4.69) is 10.6 Å². The first-order valence-corrected chi connectivity index (χ1v) is 7.12. The molecule has 0 saturated heterocycles. The second-order valence-corrected chi connectivity index (χ2v) is 5.30. The molecule has 2 rings (SSSR count). The smallest absolute Gasteiger partial charge is 0.290 e. The number of rotatable bonds is 5. The van der Waals surface area contributed by atoms with Crippen LogP contribution in [0.5, 0.6) is 0 Å². The zero-order valence-electron chi connectivity index (χ0n) is 12.2. The number of anilines is 2. The molecule has 7 heteroatoms. The van der Waals surface area contributed by atoms with E-state index < -0.39 is 24.2 Å². The average Bonchev–Trinajstić information content (AvgIpc) is 2.51. The summed E-state index contributed by atoms with van der Waals surface area (Å²) in [4.78, 5) is 11.1. The van der Waals surface area contributed by atoms with Crippen LogP contribution in [0.2, 0.25) is 5.02 Å². The van der Waals surface area contributed by atoms with Gasteiger partial charge in [0.1, 0.15) is 0 Å². The number of carbonyl (C=O) groups is 1. The van der Waals surface area contributed by atoms with Gasteiger partial charge in [0.15, 0.2) is 5.82 Å². The monoisotopic (exact) mass is 342 g/mol. The maximum Gasteiger partial charge on any atom is 0.290 e. The molecule has 0 fully saturated rings. The highest BCUT2D eigenvalue weighted by Gasteiger charge is 2.31. The van der Waals surface area contributed by atoms with Crippen LogP contribution in [0, 0.1) is 5.82 Å². The third-order valence-corrected chi connectivity index (χ3v) is 3.40. The molecule has 122 valence electrons. The Morgan fingerprint density at radius 2 is 1.83 bits per heavy atom. The van der Waals surface area contributed by atoms with E-state index in [-0.39, 0.29) is 22.0 Å². The molecular formula is C16H14ClF3N2O. The molecule has 0 atom stereocenters. The van der Waals surface area contributed by atoms with Crippen molar-refractivity contribution in [2.45, 2.75) is 12.8 Å². The summed E-state index contributed by atoms with van der Waals surface area (Å²) < 4.78 is 42.4. The van der Waals surface area contributed by atoms with Crippen LogP contribution in [0.4, 0.5) is 24.5 Å². The van der Waals surface area contributed by atoms with Crippen LogP contribution in [-0.4, -0.2) is 12.5 Å². The van der Waals surface area contributed by atoms with Crippen molar-refractivity contribution < 1.29 is 18.0 Å². The Kier molecular flexibility index (Phi) is 5.15. The number of amides is 1. The topological polar surface area (TPSA) is 41.1 Å². The number of halogens is 4. The lowest BCUT2D eigenvalue weighted by Gasteiger charge is -2.19. The standard InChI is InChI=1S/C16H14ClF3N2O/c1-10(23)22-15-12(17)7-8-13(14(15)18)21-9-16(19,20)11-5-3-2-4-6-11/h2-8,21H,9H2,1H3,(H,22,23). The van der Waals surface area contributed by atoms with Gasteiger partial charge in [0.2, 0.25) is 5.91 Å². The maximum atomic E-state index is 14.3. The lowest BCUT2D eigenvalue weighted by Crippen LogP contribution is -2.25. The highest BCUT2D eigenvalue weighted by molar-refractivity contribution is 6.33. The van der Waals surface area contributed by atoms with E-state index in [9.17, 15) is 18.0 Å². The van der Waals surface area contributed by atoms with Gasteiger partial charge in [-0.25, -0.2) is 4.39 Å². The van der Waals surface area contributed by atoms with Gasteiger partial charge >= 0.3 is 0 Å². The second-order valence-electron chi connectivity index (χ2n) is 4.89. The number of benzene rings is 2. The van der Waals surface area contributed by atoms with Crippen LogP contribution in [-0.2, 0) is 10.7 Å². The summed E-state index contributed by atoms with van der Waals surface area (Å²) in [7, 11) is 0. The first-order chi connectivity index (χ1) is 10.8. The van der Waals surface area contributed by atoms with Crippen LogP contribution >= 0.6 is 11.6 Å².